The molecule has 0 radical (unpaired) electrons. The van der Waals surface area contributed by atoms with E-state index in [4.69, 9.17) is 0 Å². The molecule has 0 saturated carbocycles. The summed E-state index contributed by atoms with van der Waals surface area (Å²) in [6.45, 7) is 5.24. The van der Waals surface area contributed by atoms with Crippen LogP contribution in [0.2, 0.25) is 0 Å². The molecule has 0 atom stereocenters. The van der Waals surface area contributed by atoms with Crippen LogP contribution in [0, 0.1) is 19.7 Å². The smallest absolute Gasteiger partial charge is 0.243 e. The van der Waals surface area contributed by atoms with Gasteiger partial charge in [-0.25, -0.2) is 22.8 Å². The number of aromatic amines is 1. The molecule has 1 fully saturated rings. The normalized spacial score (nSPS) is 14.7. The third-order valence-electron chi connectivity index (χ3n) is 5.87. The quantitative estimate of drug-likeness (QED) is 0.402. The van der Waals surface area contributed by atoms with Gasteiger partial charge in [0.1, 0.15) is 23.3 Å². The Labute approximate surface area is 207 Å². The van der Waals surface area contributed by atoms with Crippen LogP contribution in [0.3, 0.4) is 0 Å². The summed E-state index contributed by atoms with van der Waals surface area (Å²) in [6, 6.07) is 13.4. The molecule has 0 unspecified atom stereocenters. The van der Waals surface area contributed by atoms with E-state index in [-0.39, 0.29) is 29.4 Å². The van der Waals surface area contributed by atoms with E-state index in [0.717, 1.165) is 17.6 Å². The van der Waals surface area contributed by atoms with Crippen molar-refractivity contribution in [2.24, 2.45) is 0 Å². The SMILES string of the molecule is Cc1ccc(Nc2cc(N3CCN(S(=O)(=O)c4ccc(F)c(-c5nn[nH]n5)c4)CC3)nc(C)n2)cc1. The first-order valence-electron chi connectivity index (χ1n) is 11.3. The van der Waals surface area contributed by atoms with E-state index < -0.39 is 15.8 Å². The van der Waals surface area contributed by atoms with Gasteiger partial charge in [-0.05, 0) is 49.4 Å². The van der Waals surface area contributed by atoms with Gasteiger partial charge in [0, 0.05) is 37.9 Å². The predicted molar refractivity (Wildman–Crippen MR) is 132 cm³/mol. The van der Waals surface area contributed by atoms with Crippen LogP contribution in [-0.4, -0.2) is 69.5 Å². The van der Waals surface area contributed by atoms with Crippen molar-refractivity contribution >= 4 is 27.3 Å². The monoisotopic (exact) mass is 509 g/mol. The molecule has 1 saturated heterocycles. The van der Waals surface area contributed by atoms with Crippen LogP contribution in [0.1, 0.15) is 11.4 Å². The molecule has 2 aromatic heterocycles. The average molecular weight is 510 g/mol. The molecule has 11 nitrogen and oxygen atoms in total. The Hall–Kier alpha value is -3.97. The molecule has 1 aliphatic heterocycles. The number of aromatic nitrogens is 6. The first-order valence-corrected chi connectivity index (χ1v) is 12.7. The van der Waals surface area contributed by atoms with Crippen LogP contribution in [-0.2, 0) is 10.0 Å². The molecular weight excluding hydrogens is 485 g/mol. The van der Waals surface area contributed by atoms with Gasteiger partial charge in [-0.1, -0.05) is 17.7 Å². The molecule has 3 heterocycles. The lowest BCUT2D eigenvalue weighted by molar-refractivity contribution is 0.383. The van der Waals surface area contributed by atoms with E-state index in [0.29, 0.717) is 24.7 Å². The highest BCUT2D eigenvalue weighted by atomic mass is 32.2. The molecule has 4 aromatic rings. The van der Waals surface area contributed by atoms with Crippen molar-refractivity contribution in [3.63, 3.8) is 0 Å². The van der Waals surface area contributed by atoms with Gasteiger partial charge in [0.25, 0.3) is 0 Å². The molecule has 0 bridgehead atoms. The number of anilines is 3. The Kier molecular flexibility index (Phi) is 6.33. The second-order valence-electron chi connectivity index (χ2n) is 8.42. The van der Waals surface area contributed by atoms with Crippen LogP contribution < -0.4 is 10.2 Å². The number of hydrogen-bond acceptors (Lipinski definition) is 9. The highest BCUT2D eigenvalue weighted by Gasteiger charge is 2.30. The highest BCUT2D eigenvalue weighted by molar-refractivity contribution is 7.89. The third kappa shape index (κ3) is 4.88. The fourth-order valence-electron chi connectivity index (χ4n) is 3.98. The molecule has 0 aliphatic carbocycles. The summed E-state index contributed by atoms with van der Waals surface area (Å²) >= 11 is 0. The molecule has 2 aromatic carbocycles. The number of tetrazole rings is 1. The van der Waals surface area contributed by atoms with Gasteiger partial charge >= 0.3 is 0 Å². The van der Waals surface area contributed by atoms with Crippen molar-refractivity contribution in [1.29, 1.82) is 0 Å². The zero-order valence-corrected chi connectivity index (χ0v) is 20.5. The van der Waals surface area contributed by atoms with Crippen LogP contribution in [0.4, 0.5) is 21.7 Å². The molecule has 2 N–H and O–H groups in total. The first-order chi connectivity index (χ1) is 17.3. The minimum absolute atomic E-state index is 0.0106. The first kappa shape index (κ1) is 23.8. The Morgan fingerprint density at radius 1 is 0.972 bits per heavy atom. The number of halogens is 1. The summed E-state index contributed by atoms with van der Waals surface area (Å²) in [6.07, 6.45) is 0. The largest absolute Gasteiger partial charge is 0.354 e. The van der Waals surface area contributed by atoms with Gasteiger partial charge < -0.3 is 10.2 Å². The summed E-state index contributed by atoms with van der Waals surface area (Å²) in [5.74, 6) is 1.35. The zero-order valence-electron chi connectivity index (χ0n) is 19.7. The minimum Gasteiger partial charge on any atom is -0.354 e. The van der Waals surface area contributed by atoms with Crippen molar-refractivity contribution in [2.45, 2.75) is 18.7 Å². The van der Waals surface area contributed by atoms with Crippen molar-refractivity contribution in [2.75, 3.05) is 36.4 Å². The van der Waals surface area contributed by atoms with Gasteiger partial charge in [0.05, 0.1) is 10.5 Å². The number of rotatable bonds is 6. The highest BCUT2D eigenvalue weighted by Crippen LogP contribution is 2.26. The van der Waals surface area contributed by atoms with Gasteiger partial charge in [0.2, 0.25) is 15.8 Å². The average Bonchev–Trinajstić information content (AvgIpc) is 3.40. The van der Waals surface area contributed by atoms with E-state index in [2.05, 4.69) is 35.9 Å². The third-order valence-corrected chi connectivity index (χ3v) is 7.77. The fourth-order valence-corrected chi connectivity index (χ4v) is 5.43. The van der Waals surface area contributed by atoms with E-state index in [9.17, 15) is 12.8 Å². The fraction of sp³-hybridized carbons (Fsp3) is 0.261. The maximum atomic E-state index is 14.3. The molecule has 0 amide bonds. The predicted octanol–water partition coefficient (Wildman–Crippen LogP) is 2.67. The Balaban J connectivity index is 1.31. The van der Waals surface area contributed by atoms with Gasteiger partial charge in [-0.15, -0.1) is 10.2 Å². The van der Waals surface area contributed by atoms with E-state index >= 15 is 0 Å². The van der Waals surface area contributed by atoms with Crippen LogP contribution >= 0.6 is 0 Å². The second-order valence-corrected chi connectivity index (χ2v) is 10.4. The summed E-state index contributed by atoms with van der Waals surface area (Å²) < 4.78 is 42.2. The van der Waals surface area contributed by atoms with Crippen molar-refractivity contribution in [3.05, 3.63) is 65.7 Å². The summed E-state index contributed by atoms with van der Waals surface area (Å²) in [7, 11) is -3.85. The standard InChI is InChI=1S/C23H24FN9O2S/c1-15-3-5-17(6-4-15)27-21-14-22(26-16(2)25-21)32-9-11-33(12-10-32)36(34,35)18-7-8-20(24)19(13-18)23-28-30-31-29-23/h3-8,13-14H,9-12H2,1-2H3,(H,25,26,27)(H,28,29,30,31). The minimum atomic E-state index is -3.85. The molecule has 0 spiro atoms. The zero-order chi connectivity index (χ0) is 25.3. The molecule has 1 aliphatic rings. The summed E-state index contributed by atoms with van der Waals surface area (Å²) in [5.41, 5.74) is 2.05. The topological polar surface area (TPSA) is 133 Å². The Morgan fingerprint density at radius 2 is 1.72 bits per heavy atom. The van der Waals surface area contributed by atoms with Crippen molar-refractivity contribution in [1.82, 2.24) is 34.9 Å². The molecule has 186 valence electrons. The summed E-state index contributed by atoms with van der Waals surface area (Å²) in [4.78, 5) is 11.0. The Morgan fingerprint density at radius 3 is 2.42 bits per heavy atom. The lowest BCUT2D eigenvalue weighted by atomic mass is 10.2. The number of nitrogens with one attached hydrogen (secondary N) is 2. The van der Waals surface area contributed by atoms with Crippen molar-refractivity contribution in [3.8, 4) is 11.4 Å². The summed E-state index contributed by atoms with van der Waals surface area (Å²) in [5, 5.41) is 16.5. The lowest BCUT2D eigenvalue weighted by Crippen LogP contribution is -2.49. The molecule has 5 rings (SSSR count). The maximum Gasteiger partial charge on any atom is 0.243 e. The molecule has 36 heavy (non-hydrogen) atoms. The number of benzene rings is 2. The second kappa shape index (κ2) is 9.59. The molecule has 13 heteroatoms. The number of H-pyrrole nitrogens is 1. The number of nitrogens with zero attached hydrogens (tertiary/aromatic N) is 7. The van der Waals surface area contributed by atoms with Crippen LogP contribution in [0.25, 0.3) is 11.4 Å². The number of sulfonamides is 1. The number of aryl methyl sites for hydroxylation is 2. The number of piperazine rings is 1. The maximum absolute atomic E-state index is 14.3. The van der Waals surface area contributed by atoms with Gasteiger partial charge in [0.15, 0.2) is 0 Å². The van der Waals surface area contributed by atoms with E-state index in [1.54, 1.807) is 0 Å². The van der Waals surface area contributed by atoms with Gasteiger partial charge in [-0.2, -0.15) is 9.52 Å². The number of hydrogen-bond donors (Lipinski definition) is 2. The lowest BCUT2D eigenvalue weighted by Gasteiger charge is -2.34. The van der Waals surface area contributed by atoms with Crippen molar-refractivity contribution < 1.29 is 12.8 Å². The van der Waals surface area contributed by atoms with Gasteiger partial charge in [-0.3, -0.25) is 0 Å². The van der Waals surface area contributed by atoms with E-state index in [1.807, 2.05) is 49.1 Å². The van der Waals surface area contributed by atoms with Crippen LogP contribution in [0.5, 0.6) is 0 Å². The Bertz CT molecular complexity index is 1470. The molecular formula is C23H24FN9O2S. The van der Waals surface area contributed by atoms with Crippen LogP contribution in [0.15, 0.2) is 53.4 Å². The van der Waals surface area contributed by atoms with E-state index in [1.165, 1.54) is 22.0 Å².